The Balaban J connectivity index is 1.43. The van der Waals surface area contributed by atoms with Gasteiger partial charge in [-0.3, -0.25) is 4.57 Å². The van der Waals surface area contributed by atoms with Gasteiger partial charge in [-0.05, 0) is 73.5 Å². The largest absolute Gasteiger partial charge is 0.325 e. The van der Waals surface area contributed by atoms with Crippen LogP contribution < -0.4 is 5.69 Å². The smallest absolute Gasteiger partial charge is 0.310 e. The Morgan fingerprint density at radius 3 is 2.46 bits per heavy atom. The predicted octanol–water partition coefficient (Wildman–Crippen LogP) is 3.90. The molecule has 4 aliphatic rings. The molecule has 1 aromatic carbocycles. The van der Waals surface area contributed by atoms with Crippen molar-refractivity contribution in [1.82, 2.24) is 9.55 Å². The first-order valence-electron chi connectivity index (χ1n) is 9.20. The van der Waals surface area contributed by atoms with Gasteiger partial charge in [-0.25, -0.2) is 9.18 Å². The van der Waals surface area contributed by atoms with Crippen LogP contribution >= 0.6 is 0 Å². The van der Waals surface area contributed by atoms with Crippen LogP contribution in [0, 0.1) is 29.5 Å². The van der Waals surface area contributed by atoms with Crippen LogP contribution in [-0.4, -0.2) is 9.55 Å². The molecule has 6 rings (SSSR count). The number of halogens is 1. The summed E-state index contributed by atoms with van der Waals surface area (Å²) in [5.41, 5.74) is 1.80. The van der Waals surface area contributed by atoms with E-state index in [1.165, 1.54) is 38.2 Å². The van der Waals surface area contributed by atoms with E-state index >= 15 is 0 Å². The molecule has 126 valence electrons. The first kappa shape index (κ1) is 14.5. The summed E-state index contributed by atoms with van der Waals surface area (Å²) in [6.07, 6.45) is 9.20. The van der Waals surface area contributed by atoms with Crippen LogP contribution in [0.25, 0.3) is 0 Å². The summed E-state index contributed by atoms with van der Waals surface area (Å²) in [7, 11) is 0. The summed E-state index contributed by atoms with van der Waals surface area (Å²) in [4.78, 5) is 15.6. The van der Waals surface area contributed by atoms with Crippen LogP contribution in [0.2, 0.25) is 0 Å². The summed E-state index contributed by atoms with van der Waals surface area (Å²) < 4.78 is 15.3. The first-order valence-corrected chi connectivity index (χ1v) is 9.20. The van der Waals surface area contributed by atoms with Crippen LogP contribution in [0.1, 0.15) is 49.4 Å². The van der Waals surface area contributed by atoms with Crippen molar-refractivity contribution in [3.05, 3.63) is 58.0 Å². The van der Waals surface area contributed by atoms with Crippen LogP contribution in [-0.2, 0) is 6.42 Å². The molecule has 2 aromatic rings. The Morgan fingerprint density at radius 2 is 1.79 bits per heavy atom. The molecular weight excluding hydrogens is 303 g/mol. The van der Waals surface area contributed by atoms with Gasteiger partial charge in [0.05, 0.1) is 0 Å². The summed E-state index contributed by atoms with van der Waals surface area (Å²) in [6.45, 7) is 0. The highest BCUT2D eigenvalue weighted by molar-refractivity contribution is 5.22. The lowest BCUT2D eigenvalue weighted by Crippen LogP contribution is -2.47. The SMILES string of the molecule is O=c1[nH]c(Cc2cccc(F)c2)cn1C1C2CC3CC(C2)CC1C3. The number of hydrogen-bond donors (Lipinski definition) is 1. The van der Waals surface area contributed by atoms with Crippen LogP contribution in [0.5, 0.6) is 0 Å². The number of nitrogens with zero attached hydrogens (tertiary/aromatic N) is 1. The Morgan fingerprint density at radius 1 is 1.08 bits per heavy atom. The molecule has 4 saturated carbocycles. The first-order chi connectivity index (χ1) is 11.7. The van der Waals surface area contributed by atoms with Crippen molar-refractivity contribution in [2.24, 2.45) is 23.7 Å². The molecule has 4 fully saturated rings. The predicted molar refractivity (Wildman–Crippen MR) is 90.3 cm³/mol. The van der Waals surface area contributed by atoms with E-state index in [1.807, 2.05) is 16.8 Å². The molecule has 0 amide bonds. The molecule has 0 saturated heterocycles. The second-order valence-corrected chi connectivity index (χ2v) is 8.22. The minimum atomic E-state index is -0.227. The second kappa shape index (κ2) is 5.33. The quantitative estimate of drug-likeness (QED) is 0.912. The maximum absolute atomic E-state index is 13.4. The van der Waals surface area contributed by atoms with E-state index in [1.54, 1.807) is 12.1 Å². The Kier molecular flexibility index (Phi) is 3.22. The molecule has 0 unspecified atom stereocenters. The second-order valence-electron chi connectivity index (χ2n) is 8.22. The van der Waals surface area contributed by atoms with E-state index in [2.05, 4.69) is 4.98 Å². The number of H-pyrrole nitrogens is 1. The van der Waals surface area contributed by atoms with E-state index in [-0.39, 0.29) is 11.5 Å². The summed E-state index contributed by atoms with van der Waals surface area (Å²) >= 11 is 0. The highest BCUT2D eigenvalue weighted by Crippen LogP contribution is 2.57. The van der Waals surface area contributed by atoms with E-state index in [0.717, 1.165) is 23.1 Å². The van der Waals surface area contributed by atoms with Gasteiger partial charge in [0.15, 0.2) is 0 Å². The molecule has 0 spiro atoms. The van der Waals surface area contributed by atoms with E-state index < -0.39 is 0 Å². The minimum Gasteiger partial charge on any atom is -0.310 e. The third-order valence-corrected chi connectivity index (χ3v) is 6.58. The standard InChI is InChI=1S/C20H23FN2O/c21-17-3-1-2-12(9-17)10-18-11-23(20(24)22-18)19-15-5-13-4-14(7-15)8-16(19)6-13/h1-3,9,11,13-16,19H,4-8,10H2,(H,22,24). The fourth-order valence-electron chi connectivity index (χ4n) is 5.99. The minimum absolute atomic E-state index is 0.0128. The lowest BCUT2D eigenvalue weighted by molar-refractivity contribution is -0.0302. The van der Waals surface area contributed by atoms with Crippen molar-refractivity contribution >= 4 is 0 Å². The number of hydrogen-bond acceptors (Lipinski definition) is 1. The summed E-state index contributed by atoms with van der Waals surface area (Å²) in [6, 6.07) is 6.99. The molecule has 0 radical (unpaired) electrons. The lowest BCUT2D eigenvalue weighted by Gasteiger charge is -2.54. The molecule has 0 atom stereocenters. The average molecular weight is 326 g/mol. The molecule has 24 heavy (non-hydrogen) atoms. The number of benzene rings is 1. The number of imidazole rings is 1. The van der Waals surface area contributed by atoms with Crippen molar-refractivity contribution in [3.63, 3.8) is 0 Å². The molecule has 3 nitrogen and oxygen atoms in total. The molecule has 1 heterocycles. The van der Waals surface area contributed by atoms with Crippen LogP contribution in [0.4, 0.5) is 4.39 Å². The average Bonchev–Trinajstić information content (AvgIpc) is 2.86. The number of nitrogens with one attached hydrogen (secondary N) is 1. The van der Waals surface area contributed by atoms with Crippen molar-refractivity contribution in [2.75, 3.05) is 0 Å². The van der Waals surface area contributed by atoms with Gasteiger partial charge in [-0.1, -0.05) is 12.1 Å². The van der Waals surface area contributed by atoms with Gasteiger partial charge >= 0.3 is 5.69 Å². The summed E-state index contributed by atoms with van der Waals surface area (Å²) in [5, 5.41) is 0. The van der Waals surface area contributed by atoms with Gasteiger partial charge in [0.2, 0.25) is 0 Å². The monoisotopic (exact) mass is 326 g/mol. The number of rotatable bonds is 3. The Hall–Kier alpha value is -1.84. The molecule has 4 aliphatic carbocycles. The van der Waals surface area contributed by atoms with Crippen LogP contribution in [0.3, 0.4) is 0 Å². The zero-order valence-electron chi connectivity index (χ0n) is 13.7. The fraction of sp³-hybridized carbons (Fsp3) is 0.550. The van der Waals surface area contributed by atoms with Gasteiger partial charge in [-0.15, -0.1) is 0 Å². The van der Waals surface area contributed by atoms with Gasteiger partial charge in [0, 0.05) is 24.4 Å². The molecular formula is C20H23FN2O. The van der Waals surface area contributed by atoms with Gasteiger partial charge in [0.1, 0.15) is 5.82 Å². The van der Waals surface area contributed by atoms with Crippen molar-refractivity contribution in [1.29, 1.82) is 0 Å². The number of aromatic amines is 1. The third-order valence-electron chi connectivity index (χ3n) is 6.58. The van der Waals surface area contributed by atoms with E-state index in [0.29, 0.717) is 24.3 Å². The summed E-state index contributed by atoms with van der Waals surface area (Å²) in [5.74, 6) is 2.94. The molecule has 1 N–H and O–H groups in total. The highest BCUT2D eigenvalue weighted by atomic mass is 19.1. The molecule has 1 aromatic heterocycles. The van der Waals surface area contributed by atoms with Gasteiger partial charge in [0.25, 0.3) is 0 Å². The van der Waals surface area contributed by atoms with Crippen LogP contribution in [0.15, 0.2) is 35.3 Å². The molecule has 4 heteroatoms. The van der Waals surface area contributed by atoms with Gasteiger partial charge in [-0.2, -0.15) is 0 Å². The zero-order chi connectivity index (χ0) is 16.3. The normalized spacial score (nSPS) is 34.0. The van der Waals surface area contributed by atoms with E-state index in [4.69, 9.17) is 0 Å². The Labute approximate surface area is 140 Å². The fourth-order valence-corrected chi connectivity index (χ4v) is 5.99. The third kappa shape index (κ3) is 2.35. The van der Waals surface area contributed by atoms with Crippen molar-refractivity contribution in [3.8, 4) is 0 Å². The molecule has 4 bridgehead atoms. The number of aromatic nitrogens is 2. The van der Waals surface area contributed by atoms with Crippen molar-refractivity contribution in [2.45, 2.75) is 44.6 Å². The highest BCUT2D eigenvalue weighted by Gasteiger charge is 2.49. The molecule has 0 aliphatic heterocycles. The van der Waals surface area contributed by atoms with Gasteiger partial charge < -0.3 is 4.98 Å². The lowest BCUT2D eigenvalue weighted by atomic mass is 9.54. The zero-order valence-corrected chi connectivity index (χ0v) is 13.7. The topological polar surface area (TPSA) is 37.8 Å². The Bertz CT molecular complexity index is 793. The van der Waals surface area contributed by atoms with Crippen molar-refractivity contribution < 1.29 is 4.39 Å². The van der Waals surface area contributed by atoms with E-state index in [9.17, 15) is 9.18 Å². The maximum atomic E-state index is 13.4. The maximum Gasteiger partial charge on any atom is 0.325 e.